The van der Waals surface area contributed by atoms with Crippen LogP contribution in [-0.2, 0) is 4.74 Å². The van der Waals surface area contributed by atoms with Crippen LogP contribution >= 0.6 is 15.9 Å². The lowest BCUT2D eigenvalue weighted by Gasteiger charge is -2.11. The maximum atomic E-state index is 5.92. The maximum absolute atomic E-state index is 5.92. The highest BCUT2D eigenvalue weighted by Crippen LogP contribution is 2.15. The van der Waals surface area contributed by atoms with Crippen LogP contribution < -0.4 is 5.73 Å². The fourth-order valence-corrected chi connectivity index (χ4v) is 1.46. The van der Waals surface area contributed by atoms with Crippen molar-refractivity contribution >= 4 is 15.9 Å². The monoisotopic (exact) mass is 258 g/mol. The number of aromatic nitrogens is 1. The van der Waals surface area contributed by atoms with Gasteiger partial charge in [0, 0.05) is 23.5 Å². The van der Waals surface area contributed by atoms with E-state index in [4.69, 9.17) is 10.5 Å². The molecule has 0 saturated heterocycles. The Morgan fingerprint density at radius 1 is 1.57 bits per heavy atom. The van der Waals surface area contributed by atoms with Crippen LogP contribution in [0.4, 0.5) is 0 Å². The Kier molecular flexibility index (Phi) is 5.07. The molecule has 0 aliphatic carbocycles. The van der Waals surface area contributed by atoms with Crippen molar-refractivity contribution in [3.05, 3.63) is 28.5 Å². The molecule has 0 aliphatic rings. The lowest BCUT2D eigenvalue weighted by molar-refractivity contribution is 0.121. The van der Waals surface area contributed by atoms with Crippen LogP contribution in [0.2, 0.25) is 0 Å². The second-order valence-electron chi connectivity index (χ2n) is 3.12. The van der Waals surface area contributed by atoms with Gasteiger partial charge in [0.05, 0.1) is 12.6 Å². The van der Waals surface area contributed by atoms with Crippen molar-refractivity contribution in [1.29, 1.82) is 0 Å². The molecule has 0 saturated carbocycles. The molecular formula is C10H15BrN2O. The van der Waals surface area contributed by atoms with Gasteiger partial charge in [-0.15, -0.1) is 0 Å². The highest BCUT2D eigenvalue weighted by atomic mass is 79.9. The number of halogens is 1. The van der Waals surface area contributed by atoms with Crippen molar-refractivity contribution in [1.82, 2.24) is 4.98 Å². The van der Waals surface area contributed by atoms with Crippen LogP contribution in [0.25, 0.3) is 0 Å². The number of ether oxygens (including phenoxy) is 1. The van der Waals surface area contributed by atoms with Crippen molar-refractivity contribution in [2.24, 2.45) is 5.73 Å². The summed E-state index contributed by atoms with van der Waals surface area (Å²) >= 11 is 3.35. The third kappa shape index (κ3) is 3.74. The van der Waals surface area contributed by atoms with Gasteiger partial charge in [-0.1, -0.05) is 6.92 Å². The van der Waals surface area contributed by atoms with E-state index in [0.717, 1.165) is 23.1 Å². The topological polar surface area (TPSA) is 48.1 Å². The Balaban J connectivity index is 2.47. The van der Waals surface area contributed by atoms with E-state index < -0.39 is 0 Å². The third-order valence-corrected chi connectivity index (χ3v) is 2.23. The van der Waals surface area contributed by atoms with Gasteiger partial charge in [0.25, 0.3) is 0 Å². The zero-order valence-electron chi connectivity index (χ0n) is 8.24. The summed E-state index contributed by atoms with van der Waals surface area (Å²) in [5.41, 5.74) is 6.91. The molecule has 0 aromatic carbocycles. The van der Waals surface area contributed by atoms with Crippen LogP contribution in [0, 0.1) is 0 Å². The van der Waals surface area contributed by atoms with Crippen molar-refractivity contribution in [3.8, 4) is 0 Å². The molecule has 0 aliphatic heterocycles. The summed E-state index contributed by atoms with van der Waals surface area (Å²) in [6.07, 6.45) is 4.53. The normalized spacial score (nSPS) is 12.8. The average Bonchev–Trinajstić information content (AvgIpc) is 2.18. The summed E-state index contributed by atoms with van der Waals surface area (Å²) < 4.78 is 6.32. The van der Waals surface area contributed by atoms with E-state index in [1.165, 1.54) is 0 Å². The quantitative estimate of drug-likeness (QED) is 0.825. The zero-order valence-corrected chi connectivity index (χ0v) is 9.83. The molecule has 0 amide bonds. The van der Waals surface area contributed by atoms with Crippen LogP contribution in [0.1, 0.15) is 24.9 Å². The first kappa shape index (κ1) is 11.6. The largest absolute Gasteiger partial charge is 0.379 e. The molecular weight excluding hydrogens is 244 g/mol. The van der Waals surface area contributed by atoms with Gasteiger partial charge in [-0.25, -0.2) is 0 Å². The van der Waals surface area contributed by atoms with Crippen LogP contribution in [0.5, 0.6) is 0 Å². The highest BCUT2D eigenvalue weighted by Gasteiger charge is 2.06. The number of nitrogens with two attached hydrogens (primary N) is 1. The highest BCUT2D eigenvalue weighted by molar-refractivity contribution is 9.10. The molecule has 0 spiro atoms. The molecule has 1 atom stereocenters. The Morgan fingerprint density at radius 3 is 3.00 bits per heavy atom. The SMILES string of the molecule is CCCOCC(N)c1cncc(Br)c1. The molecule has 14 heavy (non-hydrogen) atoms. The number of rotatable bonds is 5. The molecule has 1 rings (SSSR count). The fourth-order valence-electron chi connectivity index (χ4n) is 1.08. The minimum Gasteiger partial charge on any atom is -0.379 e. The minimum absolute atomic E-state index is 0.0912. The van der Waals surface area contributed by atoms with E-state index in [0.29, 0.717) is 6.61 Å². The standard InChI is InChI=1S/C10H15BrN2O/c1-2-3-14-7-10(12)8-4-9(11)6-13-5-8/h4-6,10H,2-3,7,12H2,1H3. The van der Waals surface area contributed by atoms with Crippen LogP contribution in [-0.4, -0.2) is 18.2 Å². The predicted octanol–water partition coefficient (Wildman–Crippen LogP) is 2.27. The molecule has 1 aromatic rings. The summed E-state index contributed by atoms with van der Waals surface area (Å²) in [7, 11) is 0. The van der Waals surface area contributed by atoms with E-state index >= 15 is 0 Å². The third-order valence-electron chi connectivity index (χ3n) is 1.80. The predicted molar refractivity (Wildman–Crippen MR) is 60.0 cm³/mol. The van der Waals surface area contributed by atoms with Crippen LogP contribution in [0.3, 0.4) is 0 Å². The Hall–Kier alpha value is -0.450. The molecule has 78 valence electrons. The molecule has 3 nitrogen and oxygen atoms in total. The Labute approximate surface area is 92.8 Å². The summed E-state index contributed by atoms with van der Waals surface area (Å²) in [6, 6.07) is 1.87. The lowest BCUT2D eigenvalue weighted by Crippen LogP contribution is -2.17. The molecule has 0 radical (unpaired) electrons. The van der Waals surface area contributed by atoms with Gasteiger partial charge < -0.3 is 10.5 Å². The lowest BCUT2D eigenvalue weighted by atomic mass is 10.1. The molecule has 1 aromatic heterocycles. The van der Waals surface area contributed by atoms with Crippen molar-refractivity contribution < 1.29 is 4.74 Å². The van der Waals surface area contributed by atoms with Gasteiger partial charge in [0.15, 0.2) is 0 Å². The molecule has 0 fully saturated rings. The number of hydrogen-bond acceptors (Lipinski definition) is 3. The Morgan fingerprint density at radius 2 is 2.36 bits per heavy atom. The summed E-state index contributed by atoms with van der Waals surface area (Å²) in [4.78, 5) is 4.05. The molecule has 1 heterocycles. The van der Waals surface area contributed by atoms with E-state index in [9.17, 15) is 0 Å². The van der Waals surface area contributed by atoms with Gasteiger partial charge in [-0.2, -0.15) is 0 Å². The van der Waals surface area contributed by atoms with Crippen molar-refractivity contribution in [2.45, 2.75) is 19.4 Å². The smallest absolute Gasteiger partial charge is 0.0659 e. The molecule has 0 bridgehead atoms. The van der Waals surface area contributed by atoms with Gasteiger partial charge in [0.1, 0.15) is 0 Å². The maximum Gasteiger partial charge on any atom is 0.0659 e. The summed E-state index contributed by atoms with van der Waals surface area (Å²) in [5.74, 6) is 0. The first-order chi connectivity index (χ1) is 6.74. The van der Waals surface area contributed by atoms with Gasteiger partial charge in [-0.05, 0) is 34.0 Å². The van der Waals surface area contributed by atoms with Gasteiger partial charge >= 0.3 is 0 Å². The number of hydrogen-bond donors (Lipinski definition) is 1. The van der Waals surface area contributed by atoms with E-state index in [1.54, 1.807) is 12.4 Å². The number of pyridine rings is 1. The fraction of sp³-hybridized carbons (Fsp3) is 0.500. The molecule has 4 heteroatoms. The van der Waals surface area contributed by atoms with E-state index in [-0.39, 0.29) is 6.04 Å². The Bertz CT molecular complexity index is 281. The second-order valence-corrected chi connectivity index (χ2v) is 4.03. The summed E-state index contributed by atoms with van der Waals surface area (Å²) in [6.45, 7) is 3.38. The van der Waals surface area contributed by atoms with E-state index in [1.807, 2.05) is 6.07 Å². The van der Waals surface area contributed by atoms with Crippen molar-refractivity contribution in [3.63, 3.8) is 0 Å². The minimum atomic E-state index is -0.0912. The zero-order chi connectivity index (χ0) is 10.4. The first-order valence-corrected chi connectivity index (χ1v) is 5.47. The first-order valence-electron chi connectivity index (χ1n) is 4.67. The molecule has 2 N–H and O–H groups in total. The van der Waals surface area contributed by atoms with Crippen molar-refractivity contribution in [2.75, 3.05) is 13.2 Å². The van der Waals surface area contributed by atoms with E-state index in [2.05, 4.69) is 27.8 Å². The van der Waals surface area contributed by atoms with Crippen LogP contribution in [0.15, 0.2) is 22.9 Å². The second kappa shape index (κ2) is 6.11. The van der Waals surface area contributed by atoms with Gasteiger partial charge in [-0.3, -0.25) is 4.98 Å². The number of nitrogens with zero attached hydrogens (tertiary/aromatic N) is 1. The average molecular weight is 259 g/mol. The molecule has 1 unspecified atom stereocenters. The van der Waals surface area contributed by atoms with Gasteiger partial charge in [0.2, 0.25) is 0 Å². The summed E-state index contributed by atoms with van der Waals surface area (Å²) in [5, 5.41) is 0.